The smallest absolute Gasteiger partial charge is 0.742 e. The Kier molecular flexibility index (Phi) is 5.21. The van der Waals surface area contributed by atoms with Gasteiger partial charge in [-0.25, -0.2) is 4.98 Å². The van der Waals surface area contributed by atoms with Crippen molar-refractivity contribution < 1.29 is 30.8 Å². The van der Waals surface area contributed by atoms with E-state index in [9.17, 15) is 9.59 Å². The number of hydrogen-bond donors (Lipinski definition) is 0. The molecule has 0 saturated heterocycles. The first-order valence-electron chi connectivity index (χ1n) is 4.84. The van der Waals surface area contributed by atoms with Crippen LogP contribution in [0, 0.1) is 0 Å². The summed E-state index contributed by atoms with van der Waals surface area (Å²) in [5, 5.41) is -1.12. The van der Waals surface area contributed by atoms with Gasteiger partial charge in [-0.05, 0) is 12.1 Å². The minimum Gasteiger partial charge on any atom is -0.742 e. The molecule has 0 amide bonds. The second kappa shape index (κ2) is 6.23. The molecule has 0 saturated carbocycles. The van der Waals surface area contributed by atoms with Crippen LogP contribution in [0.5, 0.6) is 0 Å². The molecule has 1 aromatic carbocycles. The van der Waals surface area contributed by atoms with E-state index in [0.717, 1.165) is 0 Å². The third-order valence-electron chi connectivity index (χ3n) is 2.26. The van der Waals surface area contributed by atoms with Gasteiger partial charge in [-0.1, -0.05) is 12.1 Å². The molecule has 1 aromatic heterocycles. The quantitative estimate of drug-likeness (QED) is 0.794. The average Bonchev–Trinajstić information content (AvgIpc) is 2.68. The van der Waals surface area contributed by atoms with E-state index in [2.05, 4.69) is 30.2 Å². The molecule has 1 radical (unpaired) electrons. The van der Waals surface area contributed by atoms with Crippen molar-refractivity contribution in [2.75, 3.05) is 0 Å². The molecule has 4 nitrogen and oxygen atoms in total. The molecule has 0 fully saturated rings. The maximum atomic E-state index is 11.3. The molecule has 0 aliphatic carbocycles. The van der Waals surface area contributed by atoms with E-state index in [1.54, 1.807) is 24.3 Å². The van der Waals surface area contributed by atoms with Gasteiger partial charge in [0.05, 0.1) is 5.92 Å². The summed E-state index contributed by atoms with van der Waals surface area (Å²) in [6, 6.07) is 7.08. The van der Waals surface area contributed by atoms with Gasteiger partial charge in [0, 0.05) is 16.7 Å². The van der Waals surface area contributed by atoms with Crippen LogP contribution in [0.2, 0.25) is 0 Å². The van der Waals surface area contributed by atoms with Gasteiger partial charge in [0.15, 0.2) is 5.58 Å². The molecule has 1 atom stereocenters. The third-order valence-corrected chi connectivity index (χ3v) is 2.72. The van der Waals surface area contributed by atoms with E-state index in [1.165, 1.54) is 0 Å². The predicted molar refractivity (Wildman–Crippen MR) is 66.1 cm³/mol. The summed E-state index contributed by atoms with van der Waals surface area (Å²) in [4.78, 5) is 26.3. The fraction of sp³-hybridized carbons (Fsp3) is 0.182. The number of oxazole rings is 1. The minimum absolute atomic E-state index is 0. The van der Waals surface area contributed by atoms with Gasteiger partial charge in [0.2, 0.25) is 5.89 Å². The van der Waals surface area contributed by atoms with Crippen LogP contribution in [0.1, 0.15) is 18.2 Å². The number of aromatic nitrogens is 1. The molecule has 18 heavy (non-hydrogen) atoms. The van der Waals surface area contributed by atoms with Crippen LogP contribution < -0.4 is 0 Å². The van der Waals surface area contributed by atoms with Gasteiger partial charge in [-0.3, -0.25) is 0 Å². The molecule has 0 aliphatic heterocycles. The third kappa shape index (κ3) is 3.26. The monoisotopic (exact) mass is 324 g/mol. The summed E-state index contributed by atoms with van der Waals surface area (Å²) in [5.41, 5.74) is 1.18. The Labute approximate surface area is 125 Å². The number of benzene rings is 1. The summed E-state index contributed by atoms with van der Waals surface area (Å²) in [6.45, 7) is 0. The molecule has 1 heterocycles. The van der Waals surface area contributed by atoms with Crippen molar-refractivity contribution in [3.05, 3.63) is 30.2 Å². The van der Waals surface area contributed by atoms with Crippen molar-refractivity contribution in [3.63, 3.8) is 0 Å². The number of hydrogen-bond acceptors (Lipinski definition) is 6. The first kappa shape index (κ1) is 15.0. The van der Waals surface area contributed by atoms with E-state index < -0.39 is 16.1 Å². The summed E-state index contributed by atoms with van der Waals surface area (Å²) >= 11 is 9.02. The number of carbonyl (C=O) groups is 2. The SMILES string of the molecule is O=C([S-])CC(C(=O)[S-])c1nc2ccccc2o1.[Co+2]. The second-order valence-electron chi connectivity index (χ2n) is 3.47. The van der Waals surface area contributed by atoms with Crippen LogP contribution in [-0.4, -0.2) is 15.2 Å². The Hall–Kier alpha value is -1.02. The molecule has 0 bridgehead atoms. The van der Waals surface area contributed by atoms with E-state index in [-0.39, 0.29) is 29.1 Å². The van der Waals surface area contributed by atoms with Crippen LogP contribution in [0.3, 0.4) is 0 Å². The van der Waals surface area contributed by atoms with Crippen LogP contribution in [-0.2, 0) is 51.6 Å². The fourth-order valence-electron chi connectivity index (χ4n) is 1.48. The van der Waals surface area contributed by atoms with E-state index >= 15 is 0 Å². The number of rotatable bonds is 4. The number of carbonyl (C=O) groups excluding carboxylic acids is 2. The first-order valence-corrected chi connectivity index (χ1v) is 5.65. The Bertz CT molecular complexity index is 551. The molecule has 1 unspecified atom stereocenters. The molecular weight excluding hydrogens is 317 g/mol. The largest absolute Gasteiger partial charge is 2.00 e. The van der Waals surface area contributed by atoms with Gasteiger partial charge in [0.1, 0.15) is 5.52 Å². The van der Waals surface area contributed by atoms with Crippen molar-refractivity contribution in [2.45, 2.75) is 12.3 Å². The zero-order valence-electron chi connectivity index (χ0n) is 8.92. The Morgan fingerprint density at radius 2 is 1.94 bits per heavy atom. The molecule has 2 aromatic rings. The normalized spacial score (nSPS) is 11.8. The first-order chi connectivity index (χ1) is 8.08. The second-order valence-corrected chi connectivity index (χ2v) is 4.33. The van der Waals surface area contributed by atoms with Crippen LogP contribution in [0.25, 0.3) is 11.1 Å². The van der Waals surface area contributed by atoms with Gasteiger partial charge in [-0.15, -0.1) is 0 Å². The Morgan fingerprint density at radius 3 is 2.50 bits per heavy atom. The average molecular weight is 324 g/mol. The van der Waals surface area contributed by atoms with Crippen molar-refractivity contribution in [1.82, 2.24) is 4.98 Å². The number of fused-ring (bicyclic) bond motifs is 1. The molecular formula is C11H7CoNO3S2. The number of para-hydroxylation sites is 2. The van der Waals surface area contributed by atoms with Crippen LogP contribution in [0.15, 0.2) is 28.7 Å². The maximum Gasteiger partial charge on any atom is 2.00 e. The molecule has 0 spiro atoms. The van der Waals surface area contributed by atoms with Crippen molar-refractivity contribution in [1.29, 1.82) is 0 Å². The van der Waals surface area contributed by atoms with Crippen molar-refractivity contribution >= 4 is 46.6 Å². The topological polar surface area (TPSA) is 60.2 Å². The number of nitrogens with zero attached hydrogens (tertiary/aromatic N) is 1. The molecule has 7 heteroatoms. The molecule has 0 N–H and O–H groups in total. The molecule has 0 aliphatic rings. The standard InChI is InChI=1S/C11H9NO3S2.Co/c13-9(16)5-6(11(14)17)10-12-7-3-1-2-4-8(7)15-10;/h1-4,6H,5H2,(H,13,16)(H,14,17);/q;+2/p-2. The molecule has 95 valence electrons. The van der Waals surface area contributed by atoms with Gasteiger partial charge < -0.3 is 39.3 Å². The summed E-state index contributed by atoms with van der Waals surface area (Å²) in [6.07, 6.45) is -0.148. The van der Waals surface area contributed by atoms with Crippen molar-refractivity contribution in [2.24, 2.45) is 0 Å². The Balaban J connectivity index is 0.00000162. The van der Waals surface area contributed by atoms with Crippen LogP contribution in [0.4, 0.5) is 0 Å². The predicted octanol–water partition coefficient (Wildman–Crippen LogP) is 1.45. The zero-order valence-corrected chi connectivity index (χ0v) is 11.6. The summed E-state index contributed by atoms with van der Waals surface area (Å²) in [5.74, 6) is -0.702. The Morgan fingerprint density at radius 1 is 1.28 bits per heavy atom. The van der Waals surface area contributed by atoms with E-state index in [4.69, 9.17) is 4.42 Å². The molecule has 2 rings (SSSR count). The van der Waals surface area contributed by atoms with E-state index in [0.29, 0.717) is 11.1 Å². The minimum atomic E-state index is -0.859. The van der Waals surface area contributed by atoms with E-state index in [1.807, 2.05) is 0 Å². The summed E-state index contributed by atoms with van der Waals surface area (Å²) < 4.78 is 5.40. The summed E-state index contributed by atoms with van der Waals surface area (Å²) in [7, 11) is 0. The van der Waals surface area contributed by atoms with Crippen molar-refractivity contribution in [3.8, 4) is 0 Å². The van der Waals surface area contributed by atoms with Crippen LogP contribution >= 0.6 is 0 Å². The van der Waals surface area contributed by atoms with Gasteiger partial charge in [0.25, 0.3) is 0 Å². The van der Waals surface area contributed by atoms with Gasteiger partial charge in [-0.2, -0.15) is 0 Å². The van der Waals surface area contributed by atoms with Gasteiger partial charge >= 0.3 is 16.8 Å². The zero-order chi connectivity index (χ0) is 12.4. The fourth-order valence-corrected chi connectivity index (χ4v) is 1.83. The maximum absolute atomic E-state index is 11.3.